The van der Waals surface area contributed by atoms with Crippen LogP contribution in [0.1, 0.15) is 9.75 Å². The molecule has 0 unspecified atom stereocenters. The highest BCUT2D eigenvalue weighted by molar-refractivity contribution is 8.18. The van der Waals surface area contributed by atoms with Crippen molar-refractivity contribution in [3.63, 3.8) is 0 Å². The van der Waals surface area contributed by atoms with Gasteiger partial charge in [0.1, 0.15) is 0 Å². The minimum absolute atomic E-state index is 0.347. The molecule has 0 saturated carbocycles. The highest BCUT2D eigenvalue weighted by Gasteiger charge is 2.26. The molecule has 2 aliphatic heterocycles. The van der Waals surface area contributed by atoms with Gasteiger partial charge >= 0.3 is 0 Å². The van der Waals surface area contributed by atoms with Gasteiger partial charge in [0.05, 0.1) is 9.81 Å². The molecule has 5 rings (SSSR count). The van der Waals surface area contributed by atoms with E-state index in [9.17, 15) is 19.2 Å². The predicted molar refractivity (Wildman–Crippen MR) is 129 cm³/mol. The van der Waals surface area contributed by atoms with Crippen LogP contribution in [0.3, 0.4) is 0 Å². The second-order valence-corrected chi connectivity index (χ2v) is 11.6. The number of carbonyl (C=O) groups is 4. The third-order valence-electron chi connectivity index (χ3n) is 4.18. The average Bonchev–Trinajstić information content (AvgIpc) is 3.50. The zero-order chi connectivity index (χ0) is 21.5. The predicted octanol–water partition coefficient (Wildman–Crippen LogP) is 5.85. The van der Waals surface area contributed by atoms with Gasteiger partial charge in [-0.1, -0.05) is 0 Å². The van der Waals surface area contributed by atoms with Gasteiger partial charge in [0, 0.05) is 29.3 Å². The lowest BCUT2D eigenvalue weighted by atomic mass is 10.3. The highest BCUT2D eigenvalue weighted by atomic mass is 32.2. The van der Waals surface area contributed by atoms with Crippen molar-refractivity contribution in [2.24, 2.45) is 0 Å². The normalized spacial score (nSPS) is 19.0. The SMILES string of the molecule is O=C1NC(=O)/C(=C\c2ccc(-c3ccc(-c4ccc(/C=C5/SC(=O)NC5=O)s4)s3)s2)S1. The number of imide groups is 2. The Balaban J connectivity index is 1.35. The van der Waals surface area contributed by atoms with Crippen molar-refractivity contribution in [2.75, 3.05) is 0 Å². The van der Waals surface area contributed by atoms with Gasteiger partial charge in [-0.2, -0.15) is 0 Å². The van der Waals surface area contributed by atoms with Gasteiger partial charge in [0.2, 0.25) is 0 Å². The first-order valence-corrected chi connectivity index (χ1v) is 12.8. The topological polar surface area (TPSA) is 92.3 Å². The van der Waals surface area contributed by atoms with E-state index in [1.165, 1.54) is 0 Å². The summed E-state index contributed by atoms with van der Waals surface area (Å²) in [6, 6.07) is 12.0. The Hall–Kier alpha value is -2.44. The number of amides is 4. The van der Waals surface area contributed by atoms with Gasteiger partial charge in [-0.15, -0.1) is 34.0 Å². The smallest absolute Gasteiger partial charge is 0.282 e. The number of thioether (sulfide) groups is 2. The zero-order valence-electron chi connectivity index (χ0n) is 15.3. The monoisotopic (exact) mass is 502 g/mol. The molecule has 11 heteroatoms. The summed E-state index contributed by atoms with van der Waals surface area (Å²) in [5, 5.41) is 3.82. The lowest BCUT2D eigenvalue weighted by Crippen LogP contribution is -2.17. The number of nitrogens with one attached hydrogen (secondary N) is 2. The minimum atomic E-state index is -0.357. The van der Waals surface area contributed by atoms with Gasteiger partial charge in [-0.05, 0) is 72.1 Å². The molecule has 6 nitrogen and oxygen atoms in total. The maximum atomic E-state index is 11.7. The highest BCUT2D eigenvalue weighted by Crippen LogP contribution is 2.41. The maximum absolute atomic E-state index is 11.7. The first kappa shape index (κ1) is 20.5. The molecule has 0 aromatic carbocycles. The van der Waals surface area contributed by atoms with E-state index in [0.717, 1.165) is 52.8 Å². The van der Waals surface area contributed by atoms with Gasteiger partial charge in [-0.25, -0.2) is 0 Å². The molecule has 0 spiro atoms. The van der Waals surface area contributed by atoms with Crippen molar-refractivity contribution in [3.05, 3.63) is 56.0 Å². The second kappa shape index (κ2) is 8.24. The van der Waals surface area contributed by atoms with E-state index in [2.05, 4.69) is 22.8 Å². The Kier molecular flexibility index (Phi) is 5.44. The van der Waals surface area contributed by atoms with Crippen LogP contribution in [-0.4, -0.2) is 22.3 Å². The summed E-state index contributed by atoms with van der Waals surface area (Å²) in [4.78, 5) is 53.0. The molecule has 0 radical (unpaired) electrons. The number of thiophene rings is 3. The molecule has 5 heterocycles. The van der Waals surface area contributed by atoms with Crippen LogP contribution in [0.2, 0.25) is 0 Å². The van der Waals surface area contributed by atoms with Crippen LogP contribution < -0.4 is 10.6 Å². The number of carbonyl (C=O) groups excluding carboxylic acids is 4. The lowest BCUT2D eigenvalue weighted by molar-refractivity contribution is -0.116. The summed E-state index contributed by atoms with van der Waals surface area (Å²) >= 11 is 6.59. The van der Waals surface area contributed by atoms with Gasteiger partial charge in [0.25, 0.3) is 22.3 Å². The van der Waals surface area contributed by atoms with Gasteiger partial charge in [0.15, 0.2) is 0 Å². The third kappa shape index (κ3) is 4.32. The molecule has 2 fully saturated rings. The average molecular weight is 503 g/mol. The molecule has 3 aromatic rings. The zero-order valence-corrected chi connectivity index (χ0v) is 19.4. The molecule has 31 heavy (non-hydrogen) atoms. The van der Waals surface area contributed by atoms with Crippen LogP contribution in [0.5, 0.6) is 0 Å². The van der Waals surface area contributed by atoms with E-state index >= 15 is 0 Å². The molecular formula is C20H10N2O4S5. The molecule has 2 N–H and O–H groups in total. The maximum Gasteiger partial charge on any atom is 0.290 e. The fourth-order valence-corrected chi connectivity index (χ4v) is 7.41. The van der Waals surface area contributed by atoms with Crippen LogP contribution in [0.15, 0.2) is 46.2 Å². The van der Waals surface area contributed by atoms with E-state index in [4.69, 9.17) is 0 Å². The molecule has 2 aliphatic rings. The molecule has 3 aromatic heterocycles. The van der Waals surface area contributed by atoms with Crippen LogP contribution in [0, 0.1) is 0 Å². The molecule has 0 aliphatic carbocycles. The van der Waals surface area contributed by atoms with E-state index < -0.39 is 0 Å². The van der Waals surface area contributed by atoms with Crippen LogP contribution in [0.4, 0.5) is 9.59 Å². The third-order valence-corrected chi connectivity index (χ3v) is 9.34. The van der Waals surface area contributed by atoms with E-state index in [0.29, 0.717) is 9.81 Å². The number of hydrogen-bond acceptors (Lipinski definition) is 9. The van der Waals surface area contributed by atoms with Crippen molar-refractivity contribution in [2.45, 2.75) is 0 Å². The summed E-state index contributed by atoms with van der Waals surface area (Å²) in [6.45, 7) is 0. The first-order chi connectivity index (χ1) is 14.9. The molecule has 4 amide bonds. The second-order valence-electron chi connectivity index (χ2n) is 6.27. The largest absolute Gasteiger partial charge is 0.290 e. The Morgan fingerprint density at radius 2 is 0.935 bits per heavy atom. The van der Waals surface area contributed by atoms with Crippen molar-refractivity contribution in [3.8, 4) is 19.5 Å². The molecule has 0 bridgehead atoms. The van der Waals surface area contributed by atoms with Gasteiger partial charge in [-0.3, -0.25) is 29.8 Å². The summed E-state index contributed by atoms with van der Waals surface area (Å²) in [5.74, 6) is -0.714. The van der Waals surface area contributed by atoms with E-state index in [1.54, 1.807) is 46.2 Å². The van der Waals surface area contributed by atoms with Crippen molar-refractivity contribution in [1.82, 2.24) is 10.6 Å². The quantitative estimate of drug-likeness (QED) is 0.435. The van der Waals surface area contributed by atoms with Crippen LogP contribution >= 0.6 is 57.5 Å². The Morgan fingerprint density at radius 3 is 1.32 bits per heavy atom. The fraction of sp³-hybridized carbons (Fsp3) is 0. The van der Waals surface area contributed by atoms with Crippen LogP contribution in [0.25, 0.3) is 31.7 Å². The van der Waals surface area contributed by atoms with Crippen molar-refractivity contribution >= 4 is 92.0 Å². The number of rotatable bonds is 4. The summed E-state index contributed by atoms with van der Waals surface area (Å²) in [5.41, 5.74) is 0. The Labute approximate surface area is 196 Å². The Bertz CT molecular complexity index is 1230. The summed E-state index contributed by atoms with van der Waals surface area (Å²) in [7, 11) is 0. The molecular weight excluding hydrogens is 493 g/mol. The molecule has 2 saturated heterocycles. The Morgan fingerprint density at radius 1 is 0.548 bits per heavy atom. The standard InChI is InChI=1S/C20H10N2O4S5/c23-17-15(30-19(25)21-17)7-9-1-3-11(27-9)13-5-6-14(29-13)12-4-2-10(28-12)8-16-18(24)22-20(26)31-16/h1-8H,(H,21,23,25)(H,22,24,26)/b15-7+,16-8+. The lowest BCUT2D eigenvalue weighted by Gasteiger charge is -1.92. The van der Waals surface area contributed by atoms with Crippen molar-refractivity contribution in [1.29, 1.82) is 0 Å². The first-order valence-electron chi connectivity index (χ1n) is 8.74. The van der Waals surface area contributed by atoms with Gasteiger partial charge < -0.3 is 0 Å². The minimum Gasteiger partial charge on any atom is -0.282 e. The van der Waals surface area contributed by atoms with E-state index in [1.807, 2.05) is 24.3 Å². The number of hydrogen-bond donors (Lipinski definition) is 2. The van der Waals surface area contributed by atoms with Crippen LogP contribution in [-0.2, 0) is 9.59 Å². The van der Waals surface area contributed by atoms with E-state index in [-0.39, 0.29) is 22.3 Å². The summed E-state index contributed by atoms with van der Waals surface area (Å²) < 4.78 is 0. The fourth-order valence-electron chi connectivity index (χ4n) is 2.83. The summed E-state index contributed by atoms with van der Waals surface area (Å²) in [6.07, 6.45) is 3.46. The molecule has 154 valence electrons. The molecule has 0 atom stereocenters. The van der Waals surface area contributed by atoms with Crippen molar-refractivity contribution < 1.29 is 19.2 Å².